The lowest BCUT2D eigenvalue weighted by molar-refractivity contribution is 0.178. The summed E-state index contributed by atoms with van der Waals surface area (Å²) in [6.45, 7) is 19.4. The summed E-state index contributed by atoms with van der Waals surface area (Å²) < 4.78 is 0. The van der Waals surface area contributed by atoms with Gasteiger partial charge in [0.1, 0.15) is 23.0 Å². The predicted octanol–water partition coefficient (Wildman–Crippen LogP) is 11.6. The molecule has 1 aliphatic rings. The Morgan fingerprint density at radius 3 is 1.59 bits per heavy atom. The van der Waals surface area contributed by atoms with Gasteiger partial charge in [-0.25, -0.2) is 0 Å². The zero-order valence-corrected chi connectivity index (χ0v) is 32.8. The van der Waals surface area contributed by atoms with E-state index in [1.165, 1.54) is 11.1 Å². The van der Waals surface area contributed by atoms with E-state index < -0.39 is 0 Å². The molecule has 4 aromatic rings. The summed E-state index contributed by atoms with van der Waals surface area (Å²) in [5.74, 6) is 2.03. The second-order valence-electron chi connectivity index (χ2n) is 16.7. The molecular weight excluding hydrogens is 629 g/mol. The number of aryl methyl sites for hydroxylation is 6. The molecule has 0 radical (unpaired) electrons. The molecule has 4 heteroatoms. The molecule has 274 valence electrons. The van der Waals surface area contributed by atoms with Crippen LogP contribution in [0.15, 0.2) is 48.5 Å². The minimum absolute atomic E-state index is 0.0142. The van der Waals surface area contributed by atoms with Crippen molar-refractivity contribution in [3.63, 3.8) is 0 Å². The Hall–Kier alpha value is -3.92. The fraction of sp³-hybridized carbons (Fsp3) is 0.489. The molecule has 4 aromatic carbocycles. The molecule has 0 atom stereocenters. The molecule has 0 aliphatic heterocycles. The topological polar surface area (TPSA) is 80.9 Å². The number of phenols is 4. The van der Waals surface area contributed by atoms with E-state index in [9.17, 15) is 20.4 Å². The lowest BCUT2D eigenvalue weighted by Gasteiger charge is -2.44. The van der Waals surface area contributed by atoms with Crippen LogP contribution in [-0.4, -0.2) is 20.4 Å². The van der Waals surface area contributed by atoms with Crippen molar-refractivity contribution in [1.29, 1.82) is 0 Å². The molecule has 0 heterocycles. The molecule has 0 saturated heterocycles. The van der Waals surface area contributed by atoms with Crippen LogP contribution in [0.4, 0.5) is 0 Å². The standard InChI is InChI=1S/C47H62O4/c1-10-12-14-36-24-34(20-30(4)43(36)49)25-37-27-40(21-31(5)44(37)50)46(7,8)39-15-17-47(9,18-16-39)41-22-32(6)45(51)38(28-41)26-33-19-29(3)42(48)35(23-33)13-11-2/h19-24,27-28,39,48-51H,10-18,25-26H2,1-9H3. The van der Waals surface area contributed by atoms with Gasteiger partial charge in [0.25, 0.3) is 0 Å². The third-order valence-corrected chi connectivity index (χ3v) is 12.3. The number of rotatable bonds is 12. The van der Waals surface area contributed by atoms with Crippen LogP contribution >= 0.6 is 0 Å². The SMILES string of the molecule is CCCCc1cc(Cc2cc(C(C)(C)C3CCC(C)(c4cc(C)c(O)c(Cc5cc(C)c(O)c(CCC)c5)c4)CC3)cc(C)c2O)cc(C)c1O. The van der Waals surface area contributed by atoms with Crippen LogP contribution in [0.5, 0.6) is 23.0 Å². The van der Waals surface area contributed by atoms with E-state index >= 15 is 0 Å². The summed E-state index contributed by atoms with van der Waals surface area (Å²) in [6.07, 6.45) is 10.4. The molecule has 0 unspecified atom stereocenters. The molecule has 0 aromatic heterocycles. The summed E-state index contributed by atoms with van der Waals surface area (Å²) in [5, 5.41) is 43.7. The summed E-state index contributed by atoms with van der Waals surface area (Å²) in [5.41, 5.74) is 12.3. The molecule has 0 amide bonds. The van der Waals surface area contributed by atoms with E-state index in [4.69, 9.17) is 0 Å². The number of aromatic hydroxyl groups is 4. The Labute approximate surface area is 307 Å². The van der Waals surface area contributed by atoms with Crippen molar-refractivity contribution in [3.8, 4) is 23.0 Å². The van der Waals surface area contributed by atoms with Gasteiger partial charge in [-0.3, -0.25) is 0 Å². The van der Waals surface area contributed by atoms with Gasteiger partial charge in [0.2, 0.25) is 0 Å². The van der Waals surface area contributed by atoms with Crippen molar-refractivity contribution < 1.29 is 20.4 Å². The first kappa shape index (κ1) is 38.3. The van der Waals surface area contributed by atoms with Crippen LogP contribution in [-0.2, 0) is 36.5 Å². The van der Waals surface area contributed by atoms with Gasteiger partial charge >= 0.3 is 0 Å². The molecule has 5 rings (SSSR count). The highest BCUT2D eigenvalue weighted by Gasteiger charge is 2.40. The van der Waals surface area contributed by atoms with Gasteiger partial charge < -0.3 is 20.4 Å². The predicted molar refractivity (Wildman–Crippen MR) is 212 cm³/mol. The average Bonchev–Trinajstić information content (AvgIpc) is 3.08. The first-order chi connectivity index (χ1) is 24.1. The van der Waals surface area contributed by atoms with E-state index in [0.29, 0.717) is 41.8 Å². The van der Waals surface area contributed by atoms with E-state index in [1.807, 2.05) is 27.7 Å². The van der Waals surface area contributed by atoms with E-state index in [0.717, 1.165) is 113 Å². The first-order valence-electron chi connectivity index (χ1n) is 19.4. The van der Waals surface area contributed by atoms with Crippen molar-refractivity contribution in [2.24, 2.45) is 5.92 Å². The van der Waals surface area contributed by atoms with Gasteiger partial charge in [0.15, 0.2) is 0 Å². The summed E-state index contributed by atoms with van der Waals surface area (Å²) in [7, 11) is 0. The Morgan fingerprint density at radius 1 is 0.588 bits per heavy atom. The van der Waals surface area contributed by atoms with Crippen molar-refractivity contribution >= 4 is 0 Å². The largest absolute Gasteiger partial charge is 0.507 e. The van der Waals surface area contributed by atoms with E-state index in [-0.39, 0.29) is 10.8 Å². The fourth-order valence-electron chi connectivity index (χ4n) is 8.72. The second-order valence-corrected chi connectivity index (χ2v) is 16.7. The summed E-state index contributed by atoms with van der Waals surface area (Å²) in [4.78, 5) is 0. The third-order valence-electron chi connectivity index (χ3n) is 12.3. The molecule has 1 fully saturated rings. The third kappa shape index (κ3) is 8.11. The van der Waals surface area contributed by atoms with Gasteiger partial charge in [-0.05, 0) is 156 Å². The Kier molecular flexibility index (Phi) is 11.5. The number of unbranched alkanes of at least 4 members (excludes halogenated alkanes) is 1. The molecule has 0 bridgehead atoms. The quantitative estimate of drug-likeness (QED) is 0.119. The fourth-order valence-corrected chi connectivity index (χ4v) is 8.72. The average molecular weight is 691 g/mol. The van der Waals surface area contributed by atoms with Gasteiger partial charge in [0, 0.05) is 12.8 Å². The minimum Gasteiger partial charge on any atom is -0.507 e. The Bertz CT molecular complexity index is 1870. The molecule has 4 N–H and O–H groups in total. The summed E-state index contributed by atoms with van der Waals surface area (Å²) in [6, 6.07) is 17.2. The van der Waals surface area contributed by atoms with Crippen LogP contribution in [0, 0.1) is 33.6 Å². The van der Waals surface area contributed by atoms with Crippen LogP contribution in [0.3, 0.4) is 0 Å². The number of benzene rings is 4. The zero-order valence-electron chi connectivity index (χ0n) is 32.8. The van der Waals surface area contributed by atoms with Crippen LogP contribution < -0.4 is 0 Å². The number of hydrogen-bond donors (Lipinski definition) is 4. The molecule has 51 heavy (non-hydrogen) atoms. The highest BCUT2D eigenvalue weighted by Crippen LogP contribution is 2.49. The van der Waals surface area contributed by atoms with Crippen LogP contribution in [0.2, 0.25) is 0 Å². The van der Waals surface area contributed by atoms with Crippen molar-refractivity contribution in [3.05, 3.63) is 115 Å². The van der Waals surface area contributed by atoms with Gasteiger partial charge in [0.05, 0.1) is 0 Å². The smallest absolute Gasteiger partial charge is 0.122 e. The second kappa shape index (κ2) is 15.4. The van der Waals surface area contributed by atoms with Gasteiger partial charge in [-0.2, -0.15) is 0 Å². The van der Waals surface area contributed by atoms with Crippen molar-refractivity contribution in [2.75, 3.05) is 0 Å². The van der Waals surface area contributed by atoms with E-state index in [1.54, 1.807) is 0 Å². The zero-order chi connectivity index (χ0) is 37.2. The van der Waals surface area contributed by atoms with Crippen LogP contribution in [0.1, 0.15) is 146 Å². The van der Waals surface area contributed by atoms with Crippen molar-refractivity contribution in [1.82, 2.24) is 0 Å². The normalized spacial score (nSPS) is 17.9. The molecular formula is C47H62O4. The first-order valence-corrected chi connectivity index (χ1v) is 19.4. The number of hydrogen-bond acceptors (Lipinski definition) is 4. The monoisotopic (exact) mass is 690 g/mol. The lowest BCUT2D eigenvalue weighted by atomic mass is 9.60. The highest BCUT2D eigenvalue weighted by atomic mass is 16.3. The molecule has 1 aliphatic carbocycles. The Balaban J connectivity index is 1.36. The van der Waals surface area contributed by atoms with Crippen LogP contribution in [0.25, 0.3) is 0 Å². The summed E-state index contributed by atoms with van der Waals surface area (Å²) >= 11 is 0. The van der Waals surface area contributed by atoms with Gasteiger partial charge in [-0.1, -0.05) is 96.0 Å². The maximum Gasteiger partial charge on any atom is 0.122 e. The minimum atomic E-state index is -0.0747. The molecule has 1 saturated carbocycles. The van der Waals surface area contributed by atoms with E-state index in [2.05, 4.69) is 83.1 Å². The maximum atomic E-state index is 11.2. The number of phenolic OH excluding ortho intramolecular Hbond substituents is 4. The van der Waals surface area contributed by atoms with Gasteiger partial charge in [-0.15, -0.1) is 0 Å². The lowest BCUT2D eigenvalue weighted by Crippen LogP contribution is -2.37. The van der Waals surface area contributed by atoms with Crippen molar-refractivity contribution in [2.45, 2.75) is 144 Å². The molecule has 4 nitrogen and oxygen atoms in total. The molecule has 0 spiro atoms. The highest BCUT2D eigenvalue weighted by molar-refractivity contribution is 5.52. The Morgan fingerprint density at radius 2 is 1.06 bits per heavy atom. The maximum absolute atomic E-state index is 11.2.